The fourth-order valence-electron chi connectivity index (χ4n) is 2.68. The maximum atomic E-state index is 3.48. The number of aryl methyl sites for hydroxylation is 1. The number of para-hydroxylation sites is 1. The van der Waals surface area contributed by atoms with Crippen LogP contribution in [0.4, 0.5) is 0 Å². The SMILES string of the molecule is C[C@@H]1C=C(c2cn(C)c3ccccc23)CNC1. The fourth-order valence-corrected chi connectivity index (χ4v) is 2.68. The lowest BCUT2D eigenvalue weighted by atomic mass is 9.97. The van der Waals surface area contributed by atoms with E-state index in [0.29, 0.717) is 5.92 Å². The maximum absolute atomic E-state index is 3.48. The summed E-state index contributed by atoms with van der Waals surface area (Å²) in [7, 11) is 2.12. The summed E-state index contributed by atoms with van der Waals surface area (Å²) in [5.41, 5.74) is 4.12. The molecule has 1 aliphatic heterocycles. The average Bonchev–Trinajstić information content (AvgIpc) is 2.68. The molecule has 0 bridgehead atoms. The van der Waals surface area contributed by atoms with E-state index in [1.165, 1.54) is 22.0 Å². The van der Waals surface area contributed by atoms with Crippen LogP contribution in [0.5, 0.6) is 0 Å². The molecule has 17 heavy (non-hydrogen) atoms. The highest BCUT2D eigenvalue weighted by molar-refractivity contribution is 5.93. The summed E-state index contributed by atoms with van der Waals surface area (Å²) in [4.78, 5) is 0. The van der Waals surface area contributed by atoms with Crippen LogP contribution in [-0.4, -0.2) is 17.7 Å². The first kappa shape index (κ1) is 10.6. The highest BCUT2D eigenvalue weighted by Crippen LogP contribution is 2.28. The van der Waals surface area contributed by atoms with Crippen molar-refractivity contribution in [3.05, 3.63) is 42.1 Å². The molecule has 0 aliphatic carbocycles. The molecule has 0 fully saturated rings. The van der Waals surface area contributed by atoms with Gasteiger partial charge >= 0.3 is 0 Å². The van der Waals surface area contributed by atoms with Crippen molar-refractivity contribution < 1.29 is 0 Å². The molecule has 2 heteroatoms. The Hall–Kier alpha value is -1.54. The molecule has 0 saturated carbocycles. The Labute approximate surface area is 102 Å². The van der Waals surface area contributed by atoms with Crippen molar-refractivity contribution >= 4 is 16.5 Å². The monoisotopic (exact) mass is 226 g/mol. The third-order valence-corrected chi connectivity index (χ3v) is 3.51. The lowest BCUT2D eigenvalue weighted by Crippen LogP contribution is -2.26. The molecule has 0 amide bonds. The van der Waals surface area contributed by atoms with Crippen LogP contribution in [0.15, 0.2) is 36.5 Å². The summed E-state index contributed by atoms with van der Waals surface area (Å²) in [6.07, 6.45) is 4.65. The van der Waals surface area contributed by atoms with Crippen molar-refractivity contribution in [3.8, 4) is 0 Å². The largest absolute Gasteiger partial charge is 0.350 e. The number of hydrogen-bond donors (Lipinski definition) is 1. The van der Waals surface area contributed by atoms with Gasteiger partial charge in [0.25, 0.3) is 0 Å². The average molecular weight is 226 g/mol. The number of hydrogen-bond acceptors (Lipinski definition) is 1. The maximum Gasteiger partial charge on any atom is 0.0484 e. The van der Waals surface area contributed by atoms with Crippen molar-refractivity contribution in [1.29, 1.82) is 0 Å². The highest BCUT2D eigenvalue weighted by Gasteiger charge is 2.14. The molecular formula is C15H18N2. The van der Waals surface area contributed by atoms with Gasteiger partial charge in [-0.3, -0.25) is 0 Å². The van der Waals surface area contributed by atoms with Gasteiger partial charge in [0.1, 0.15) is 0 Å². The van der Waals surface area contributed by atoms with Gasteiger partial charge in [-0.1, -0.05) is 31.2 Å². The molecule has 0 spiro atoms. The first-order chi connectivity index (χ1) is 8.25. The molecule has 1 N–H and O–H groups in total. The van der Waals surface area contributed by atoms with Gasteiger partial charge in [0, 0.05) is 42.8 Å². The number of fused-ring (bicyclic) bond motifs is 1. The van der Waals surface area contributed by atoms with Crippen LogP contribution >= 0.6 is 0 Å². The van der Waals surface area contributed by atoms with Gasteiger partial charge in [0.15, 0.2) is 0 Å². The number of rotatable bonds is 1. The predicted molar refractivity (Wildman–Crippen MR) is 72.9 cm³/mol. The number of benzene rings is 1. The van der Waals surface area contributed by atoms with E-state index in [0.717, 1.165) is 13.1 Å². The summed E-state index contributed by atoms with van der Waals surface area (Å²) in [6.45, 7) is 4.34. The molecule has 0 radical (unpaired) electrons. The molecule has 88 valence electrons. The third-order valence-electron chi connectivity index (χ3n) is 3.51. The Bertz CT molecular complexity index is 578. The van der Waals surface area contributed by atoms with Crippen LogP contribution in [0.1, 0.15) is 12.5 Å². The van der Waals surface area contributed by atoms with Crippen LogP contribution in [0.25, 0.3) is 16.5 Å². The zero-order chi connectivity index (χ0) is 11.8. The molecule has 1 aromatic heterocycles. The van der Waals surface area contributed by atoms with Crippen LogP contribution in [0.3, 0.4) is 0 Å². The third kappa shape index (κ3) is 1.79. The second-order valence-electron chi connectivity index (χ2n) is 4.97. The molecule has 0 saturated heterocycles. The van der Waals surface area contributed by atoms with E-state index in [1.807, 2.05) is 0 Å². The van der Waals surface area contributed by atoms with Crippen molar-refractivity contribution in [2.75, 3.05) is 13.1 Å². The molecule has 2 nitrogen and oxygen atoms in total. The van der Waals surface area contributed by atoms with Crippen molar-refractivity contribution in [2.45, 2.75) is 6.92 Å². The smallest absolute Gasteiger partial charge is 0.0484 e. The van der Waals surface area contributed by atoms with Gasteiger partial charge in [-0.2, -0.15) is 0 Å². The van der Waals surface area contributed by atoms with Crippen molar-refractivity contribution in [3.63, 3.8) is 0 Å². The van der Waals surface area contributed by atoms with E-state index in [4.69, 9.17) is 0 Å². The molecule has 3 rings (SSSR count). The van der Waals surface area contributed by atoms with Gasteiger partial charge in [0.2, 0.25) is 0 Å². The zero-order valence-electron chi connectivity index (χ0n) is 10.4. The van der Waals surface area contributed by atoms with Crippen molar-refractivity contribution in [1.82, 2.24) is 9.88 Å². The number of nitrogens with zero attached hydrogens (tertiary/aromatic N) is 1. The molecule has 0 unspecified atom stereocenters. The summed E-state index contributed by atoms with van der Waals surface area (Å²) in [5.74, 6) is 0.623. The lowest BCUT2D eigenvalue weighted by molar-refractivity contribution is 0.607. The fraction of sp³-hybridized carbons (Fsp3) is 0.333. The summed E-state index contributed by atoms with van der Waals surface area (Å²) in [5, 5.41) is 4.84. The van der Waals surface area contributed by atoms with Crippen LogP contribution in [0.2, 0.25) is 0 Å². The molecule has 2 heterocycles. The minimum absolute atomic E-state index is 0.623. The predicted octanol–water partition coefficient (Wildman–Crippen LogP) is 2.80. The highest BCUT2D eigenvalue weighted by atomic mass is 14.9. The summed E-state index contributed by atoms with van der Waals surface area (Å²) >= 11 is 0. The van der Waals surface area contributed by atoms with E-state index in [1.54, 1.807) is 0 Å². The lowest BCUT2D eigenvalue weighted by Gasteiger charge is -2.18. The normalized spacial score (nSPS) is 20.6. The molecule has 1 aromatic carbocycles. The molecule has 1 aliphatic rings. The Morgan fingerprint density at radius 3 is 2.94 bits per heavy atom. The van der Waals surface area contributed by atoms with E-state index in [-0.39, 0.29) is 0 Å². The van der Waals surface area contributed by atoms with Crippen LogP contribution < -0.4 is 5.32 Å². The Morgan fingerprint density at radius 1 is 1.29 bits per heavy atom. The minimum atomic E-state index is 0.623. The molecular weight excluding hydrogens is 208 g/mol. The topological polar surface area (TPSA) is 17.0 Å². The van der Waals surface area contributed by atoms with Crippen LogP contribution in [-0.2, 0) is 7.05 Å². The van der Waals surface area contributed by atoms with Gasteiger partial charge < -0.3 is 9.88 Å². The first-order valence-corrected chi connectivity index (χ1v) is 6.21. The van der Waals surface area contributed by atoms with Crippen LogP contribution in [0, 0.1) is 5.92 Å². The van der Waals surface area contributed by atoms with E-state index >= 15 is 0 Å². The first-order valence-electron chi connectivity index (χ1n) is 6.21. The van der Waals surface area contributed by atoms with E-state index in [9.17, 15) is 0 Å². The standard InChI is InChI=1S/C15H18N2/c1-11-7-12(9-16-8-11)14-10-17(2)15-6-4-3-5-13(14)15/h3-7,10-11,16H,8-9H2,1-2H3/t11-/m1/s1. The molecule has 2 aromatic rings. The number of nitrogens with one attached hydrogen (secondary N) is 1. The quantitative estimate of drug-likeness (QED) is 0.791. The minimum Gasteiger partial charge on any atom is -0.350 e. The Balaban J connectivity index is 2.17. The summed E-state index contributed by atoms with van der Waals surface area (Å²) in [6, 6.07) is 8.61. The van der Waals surface area contributed by atoms with Gasteiger partial charge in [0.05, 0.1) is 0 Å². The van der Waals surface area contributed by atoms with Gasteiger partial charge in [-0.25, -0.2) is 0 Å². The second kappa shape index (κ2) is 4.04. The zero-order valence-corrected chi connectivity index (χ0v) is 10.4. The Kier molecular flexibility index (Phi) is 2.52. The second-order valence-corrected chi connectivity index (χ2v) is 4.97. The summed E-state index contributed by atoms with van der Waals surface area (Å²) < 4.78 is 2.21. The van der Waals surface area contributed by atoms with E-state index < -0.39 is 0 Å². The van der Waals surface area contributed by atoms with Gasteiger partial charge in [-0.15, -0.1) is 0 Å². The Morgan fingerprint density at radius 2 is 2.12 bits per heavy atom. The van der Waals surface area contributed by atoms with Crippen molar-refractivity contribution in [2.24, 2.45) is 13.0 Å². The number of aromatic nitrogens is 1. The van der Waals surface area contributed by atoms with E-state index in [2.05, 4.69) is 60.4 Å². The molecule has 1 atom stereocenters. The van der Waals surface area contributed by atoms with Gasteiger partial charge in [-0.05, 0) is 17.6 Å².